The fraction of sp³-hybridized carbons (Fsp3) is 0.389. The van der Waals surface area contributed by atoms with E-state index in [2.05, 4.69) is 22.7 Å². The molecular weight excluding hydrogens is 356 g/mol. The van der Waals surface area contributed by atoms with Gasteiger partial charge in [-0.05, 0) is 73.1 Å². The van der Waals surface area contributed by atoms with Crippen molar-refractivity contribution in [2.75, 3.05) is 0 Å². The molecular formula is C18H22N2O3S2. The summed E-state index contributed by atoms with van der Waals surface area (Å²) in [5.74, 6) is 0. The molecule has 7 heteroatoms. The Bertz CT molecular complexity index is 834. The number of sulfonamides is 1. The Kier molecular flexibility index (Phi) is 5.44. The summed E-state index contributed by atoms with van der Waals surface area (Å²) in [5, 5.41) is 4.43. The Balaban J connectivity index is 1.82. The highest BCUT2D eigenvalue weighted by molar-refractivity contribution is 7.92. The first-order chi connectivity index (χ1) is 12.0. The first-order valence-electron chi connectivity index (χ1n) is 8.45. The van der Waals surface area contributed by atoms with Gasteiger partial charge in [0.1, 0.15) is 4.21 Å². The molecule has 2 aliphatic rings. The van der Waals surface area contributed by atoms with Crippen LogP contribution in [-0.2, 0) is 10.0 Å². The molecule has 0 bridgehead atoms. The van der Waals surface area contributed by atoms with Crippen molar-refractivity contribution in [1.82, 2.24) is 10.0 Å². The Morgan fingerprint density at radius 2 is 2.00 bits per heavy atom. The third-order valence-electron chi connectivity index (χ3n) is 4.46. The van der Waals surface area contributed by atoms with Crippen molar-refractivity contribution in [3.63, 3.8) is 0 Å². The van der Waals surface area contributed by atoms with Crippen LogP contribution in [0.3, 0.4) is 0 Å². The van der Waals surface area contributed by atoms with Gasteiger partial charge in [0.05, 0.1) is 0 Å². The maximum Gasteiger partial charge on any atom is 0.333 e. The molecule has 5 nitrogen and oxygen atoms in total. The Morgan fingerprint density at radius 1 is 1.16 bits per heavy atom. The number of thiophene rings is 1. The van der Waals surface area contributed by atoms with E-state index in [1.165, 1.54) is 11.6 Å². The molecule has 1 aromatic heterocycles. The van der Waals surface area contributed by atoms with Crippen LogP contribution in [0.1, 0.15) is 44.9 Å². The minimum atomic E-state index is -3.84. The van der Waals surface area contributed by atoms with Crippen LogP contribution in [0.25, 0.3) is 0 Å². The van der Waals surface area contributed by atoms with Crippen LogP contribution in [0.15, 0.2) is 56.8 Å². The third kappa shape index (κ3) is 4.22. The summed E-state index contributed by atoms with van der Waals surface area (Å²) in [5.41, 5.74) is 3.94. The van der Waals surface area contributed by atoms with Crippen molar-refractivity contribution in [1.29, 1.82) is 0 Å². The van der Waals surface area contributed by atoms with E-state index in [1.807, 2.05) is 0 Å². The molecule has 1 heterocycles. The molecule has 1 aromatic rings. The predicted molar refractivity (Wildman–Crippen MR) is 99.7 cm³/mol. The number of rotatable bonds is 3. The number of allylic oxidation sites excluding steroid dienone is 4. The van der Waals surface area contributed by atoms with Gasteiger partial charge in [-0.3, -0.25) is 0 Å². The number of fused-ring (bicyclic) bond motifs is 1. The highest BCUT2D eigenvalue weighted by Gasteiger charge is 2.24. The standard InChI is InChI=1S/C18H22N2O3S2/c1-13-7-3-2-4-8-14-9-5-10-15(14)17(13)19-18(21)20-25(22,23)16-11-6-12-24-16/h6,8,11-12H,1-5,7,9-10H2,(H2,19,20,21)/b14-8-,17-15+. The topological polar surface area (TPSA) is 75.3 Å². The molecule has 0 saturated heterocycles. The second kappa shape index (κ2) is 7.58. The number of carbonyl (C=O) groups is 1. The molecule has 0 aromatic carbocycles. The lowest BCUT2D eigenvalue weighted by molar-refractivity contribution is 0.248. The summed E-state index contributed by atoms with van der Waals surface area (Å²) in [7, 11) is -3.84. The van der Waals surface area contributed by atoms with Gasteiger partial charge in [-0.2, -0.15) is 0 Å². The lowest BCUT2D eigenvalue weighted by atomic mass is 10.0. The van der Waals surface area contributed by atoms with Gasteiger partial charge in [0, 0.05) is 5.70 Å². The van der Waals surface area contributed by atoms with Gasteiger partial charge in [-0.25, -0.2) is 17.9 Å². The van der Waals surface area contributed by atoms with Crippen molar-refractivity contribution >= 4 is 27.4 Å². The average molecular weight is 379 g/mol. The molecule has 0 radical (unpaired) electrons. The van der Waals surface area contributed by atoms with E-state index in [0.717, 1.165) is 67.4 Å². The minimum Gasteiger partial charge on any atom is -0.307 e. The van der Waals surface area contributed by atoms with Gasteiger partial charge in [0.2, 0.25) is 0 Å². The maximum absolute atomic E-state index is 12.3. The summed E-state index contributed by atoms with van der Waals surface area (Å²) in [6, 6.07) is 2.37. The van der Waals surface area contributed by atoms with Crippen LogP contribution < -0.4 is 10.0 Å². The molecule has 2 aliphatic carbocycles. The fourth-order valence-corrected chi connectivity index (χ4v) is 5.17. The normalized spacial score (nSPS) is 23.7. The van der Waals surface area contributed by atoms with Gasteiger partial charge in [0.25, 0.3) is 10.0 Å². The highest BCUT2D eigenvalue weighted by Crippen LogP contribution is 2.36. The Labute approximate surface area is 152 Å². The highest BCUT2D eigenvalue weighted by atomic mass is 32.2. The SMILES string of the molecule is C=C1CCCC/C=C2/CCC/C2=C/1NC(=O)NS(=O)(=O)c1cccs1. The lowest BCUT2D eigenvalue weighted by Crippen LogP contribution is -2.39. The number of nitrogens with one attached hydrogen (secondary N) is 2. The smallest absolute Gasteiger partial charge is 0.307 e. The van der Waals surface area contributed by atoms with Crippen molar-refractivity contribution in [2.24, 2.45) is 0 Å². The van der Waals surface area contributed by atoms with Crippen LogP contribution in [0.5, 0.6) is 0 Å². The summed E-state index contributed by atoms with van der Waals surface area (Å²) in [6.45, 7) is 4.12. The number of urea groups is 1. The zero-order chi connectivity index (χ0) is 17.9. The van der Waals surface area contributed by atoms with Crippen molar-refractivity contribution in [3.8, 4) is 0 Å². The van der Waals surface area contributed by atoms with Crippen molar-refractivity contribution in [2.45, 2.75) is 49.2 Å². The first-order valence-corrected chi connectivity index (χ1v) is 10.8. The molecule has 1 saturated carbocycles. The third-order valence-corrected chi connectivity index (χ3v) is 7.19. The van der Waals surface area contributed by atoms with Crippen molar-refractivity contribution < 1.29 is 13.2 Å². The molecule has 0 spiro atoms. The first kappa shape index (κ1) is 17.9. The molecule has 25 heavy (non-hydrogen) atoms. The largest absolute Gasteiger partial charge is 0.333 e. The summed E-state index contributed by atoms with van der Waals surface area (Å²) < 4.78 is 26.7. The van der Waals surface area contributed by atoms with E-state index >= 15 is 0 Å². The summed E-state index contributed by atoms with van der Waals surface area (Å²) in [4.78, 5) is 12.3. The monoisotopic (exact) mass is 378 g/mol. The molecule has 0 unspecified atom stereocenters. The Morgan fingerprint density at radius 3 is 2.76 bits per heavy atom. The molecule has 1 fully saturated rings. The molecule has 2 amide bonds. The number of hydrogen-bond acceptors (Lipinski definition) is 4. The molecule has 134 valence electrons. The quantitative estimate of drug-likeness (QED) is 0.826. The zero-order valence-corrected chi connectivity index (χ0v) is 15.6. The van der Waals surface area contributed by atoms with E-state index in [1.54, 1.807) is 11.4 Å². The second-order valence-electron chi connectivity index (χ2n) is 6.28. The number of hydrogen-bond donors (Lipinski definition) is 2. The second-order valence-corrected chi connectivity index (χ2v) is 9.13. The predicted octanol–water partition coefficient (Wildman–Crippen LogP) is 4.23. The van der Waals surface area contributed by atoms with Crippen molar-refractivity contribution in [3.05, 3.63) is 52.6 Å². The maximum atomic E-state index is 12.3. The number of carbonyl (C=O) groups excluding carboxylic acids is 1. The van der Waals surface area contributed by atoms with E-state index in [9.17, 15) is 13.2 Å². The van der Waals surface area contributed by atoms with Gasteiger partial charge in [-0.15, -0.1) is 11.3 Å². The molecule has 0 aliphatic heterocycles. The molecule has 3 rings (SSSR count). The Hall–Kier alpha value is -1.86. The van der Waals surface area contributed by atoms with E-state index in [0.29, 0.717) is 5.70 Å². The van der Waals surface area contributed by atoms with Gasteiger partial charge >= 0.3 is 6.03 Å². The van der Waals surface area contributed by atoms with Crippen LogP contribution in [0.4, 0.5) is 4.79 Å². The number of amides is 2. The fourth-order valence-electron chi connectivity index (χ4n) is 3.27. The van der Waals surface area contributed by atoms with E-state index in [-0.39, 0.29) is 4.21 Å². The molecule has 0 atom stereocenters. The minimum absolute atomic E-state index is 0.120. The van der Waals surface area contributed by atoms with Crippen LogP contribution in [0, 0.1) is 0 Å². The van der Waals surface area contributed by atoms with Crippen LogP contribution >= 0.6 is 11.3 Å². The van der Waals surface area contributed by atoms with Crippen LogP contribution in [0.2, 0.25) is 0 Å². The van der Waals surface area contributed by atoms with Gasteiger partial charge < -0.3 is 5.32 Å². The lowest BCUT2D eigenvalue weighted by Gasteiger charge is -2.16. The summed E-state index contributed by atoms with van der Waals surface area (Å²) >= 11 is 1.07. The van der Waals surface area contributed by atoms with E-state index < -0.39 is 16.1 Å². The molecule has 2 N–H and O–H groups in total. The average Bonchev–Trinajstić information content (AvgIpc) is 3.22. The van der Waals surface area contributed by atoms with Crippen LogP contribution in [-0.4, -0.2) is 14.4 Å². The van der Waals surface area contributed by atoms with Gasteiger partial charge in [-0.1, -0.05) is 18.7 Å². The zero-order valence-electron chi connectivity index (χ0n) is 14.0. The van der Waals surface area contributed by atoms with Gasteiger partial charge in [0.15, 0.2) is 0 Å². The summed E-state index contributed by atoms with van der Waals surface area (Å²) in [6.07, 6.45) is 9.15. The van der Waals surface area contributed by atoms with E-state index in [4.69, 9.17) is 0 Å².